The summed E-state index contributed by atoms with van der Waals surface area (Å²) in [5, 5.41) is 5.40. The molecule has 130 valence electrons. The van der Waals surface area contributed by atoms with Gasteiger partial charge in [0.1, 0.15) is 6.42 Å². The van der Waals surface area contributed by atoms with E-state index < -0.39 is 11.9 Å². The highest BCUT2D eigenvalue weighted by Crippen LogP contribution is 2.12. The van der Waals surface area contributed by atoms with Crippen LogP contribution in [0.25, 0.3) is 0 Å². The Morgan fingerprint density at radius 1 is 0.960 bits per heavy atom. The third-order valence-corrected chi connectivity index (χ3v) is 3.59. The molecule has 1 unspecified atom stereocenters. The third-order valence-electron chi connectivity index (χ3n) is 3.59. The molecule has 0 saturated carbocycles. The lowest BCUT2D eigenvalue weighted by molar-refractivity contribution is -0.127. The van der Waals surface area contributed by atoms with Gasteiger partial charge in [-0.15, -0.1) is 0 Å². The van der Waals surface area contributed by atoms with Gasteiger partial charge < -0.3 is 15.4 Å². The highest BCUT2D eigenvalue weighted by Gasteiger charge is 2.13. The number of hydrogen-bond donors (Lipinski definition) is 2. The number of carbonyl (C=O) groups is 3. The van der Waals surface area contributed by atoms with Crippen molar-refractivity contribution in [3.05, 3.63) is 65.7 Å². The van der Waals surface area contributed by atoms with Crippen LogP contribution in [0.5, 0.6) is 0 Å². The molecule has 2 rings (SSSR count). The first kappa shape index (κ1) is 18.2. The van der Waals surface area contributed by atoms with Crippen LogP contribution in [-0.2, 0) is 14.3 Å². The molecular formula is C19H20N2O4. The number of anilines is 1. The standard InChI is InChI=1S/C19H20N2O4/c1-13(14-6-4-3-5-7-14)20-17(22)12-18(23)21-16-10-8-15(9-11-16)19(24)25-2/h3-11,13H,12H2,1-2H3,(H,20,22)(H,21,23). The van der Waals surface area contributed by atoms with Gasteiger partial charge in [0.25, 0.3) is 0 Å². The molecule has 2 aromatic rings. The van der Waals surface area contributed by atoms with E-state index in [1.807, 2.05) is 37.3 Å². The second-order valence-corrected chi connectivity index (χ2v) is 5.49. The summed E-state index contributed by atoms with van der Waals surface area (Å²) < 4.78 is 4.60. The summed E-state index contributed by atoms with van der Waals surface area (Å²) in [6.45, 7) is 1.86. The number of esters is 1. The van der Waals surface area contributed by atoms with E-state index in [0.717, 1.165) is 5.56 Å². The van der Waals surface area contributed by atoms with Crippen LogP contribution in [0, 0.1) is 0 Å². The topological polar surface area (TPSA) is 84.5 Å². The summed E-state index contributed by atoms with van der Waals surface area (Å²) >= 11 is 0. The molecule has 2 amide bonds. The van der Waals surface area contributed by atoms with E-state index >= 15 is 0 Å². The normalized spacial score (nSPS) is 11.3. The summed E-state index contributed by atoms with van der Waals surface area (Å²) in [5.74, 6) is -1.24. The minimum Gasteiger partial charge on any atom is -0.465 e. The van der Waals surface area contributed by atoms with Gasteiger partial charge in [-0.3, -0.25) is 9.59 Å². The number of carbonyl (C=O) groups excluding carboxylic acids is 3. The minimum atomic E-state index is -0.452. The molecule has 25 heavy (non-hydrogen) atoms. The predicted octanol–water partition coefficient (Wildman–Crippen LogP) is 2.68. The summed E-state index contributed by atoms with van der Waals surface area (Å²) in [6.07, 6.45) is -0.282. The van der Waals surface area contributed by atoms with Crippen molar-refractivity contribution in [2.75, 3.05) is 12.4 Å². The maximum atomic E-state index is 12.0. The van der Waals surface area contributed by atoms with Crippen molar-refractivity contribution >= 4 is 23.5 Å². The Balaban J connectivity index is 1.85. The molecule has 0 aliphatic carbocycles. The molecule has 0 bridgehead atoms. The van der Waals surface area contributed by atoms with Crippen LogP contribution in [0.4, 0.5) is 5.69 Å². The van der Waals surface area contributed by atoms with E-state index in [9.17, 15) is 14.4 Å². The Bertz CT molecular complexity index is 742. The first-order valence-corrected chi connectivity index (χ1v) is 7.82. The number of benzene rings is 2. The quantitative estimate of drug-likeness (QED) is 0.625. The van der Waals surface area contributed by atoms with Gasteiger partial charge in [-0.1, -0.05) is 30.3 Å². The molecule has 1 atom stereocenters. The molecule has 0 fully saturated rings. The molecule has 2 aromatic carbocycles. The molecular weight excluding hydrogens is 320 g/mol. The van der Waals surface area contributed by atoms with Crippen LogP contribution >= 0.6 is 0 Å². The van der Waals surface area contributed by atoms with Crippen LogP contribution in [0.2, 0.25) is 0 Å². The van der Waals surface area contributed by atoms with E-state index in [-0.39, 0.29) is 18.4 Å². The summed E-state index contributed by atoms with van der Waals surface area (Å²) in [5.41, 5.74) is 1.85. The van der Waals surface area contributed by atoms with Gasteiger partial charge in [-0.05, 0) is 36.8 Å². The van der Waals surface area contributed by atoms with Crippen molar-refractivity contribution in [2.45, 2.75) is 19.4 Å². The molecule has 0 aliphatic rings. The first-order valence-electron chi connectivity index (χ1n) is 7.82. The number of ether oxygens (including phenoxy) is 1. The SMILES string of the molecule is COC(=O)c1ccc(NC(=O)CC(=O)NC(C)c2ccccc2)cc1. The number of rotatable bonds is 6. The van der Waals surface area contributed by atoms with Gasteiger partial charge in [0, 0.05) is 5.69 Å². The Kier molecular flexibility index (Phi) is 6.28. The summed E-state index contributed by atoms with van der Waals surface area (Å²) in [6, 6.07) is 15.6. The highest BCUT2D eigenvalue weighted by atomic mass is 16.5. The zero-order valence-corrected chi connectivity index (χ0v) is 14.1. The molecule has 0 saturated heterocycles. The van der Waals surface area contributed by atoms with Crippen LogP contribution < -0.4 is 10.6 Å². The number of methoxy groups -OCH3 is 1. The van der Waals surface area contributed by atoms with Gasteiger partial charge in [0.15, 0.2) is 0 Å². The molecule has 2 N–H and O–H groups in total. The minimum absolute atomic E-state index is 0.180. The number of nitrogens with one attached hydrogen (secondary N) is 2. The number of hydrogen-bond acceptors (Lipinski definition) is 4. The smallest absolute Gasteiger partial charge is 0.337 e. The zero-order chi connectivity index (χ0) is 18.2. The lowest BCUT2D eigenvalue weighted by Crippen LogP contribution is -2.30. The van der Waals surface area contributed by atoms with Gasteiger partial charge in [0.2, 0.25) is 11.8 Å². The average molecular weight is 340 g/mol. The summed E-state index contributed by atoms with van der Waals surface area (Å²) in [7, 11) is 1.30. The van der Waals surface area contributed by atoms with Crippen molar-refractivity contribution in [1.29, 1.82) is 0 Å². The van der Waals surface area contributed by atoms with E-state index in [2.05, 4.69) is 15.4 Å². The Morgan fingerprint density at radius 3 is 2.20 bits per heavy atom. The maximum Gasteiger partial charge on any atom is 0.337 e. The third kappa shape index (κ3) is 5.46. The molecule has 0 aliphatic heterocycles. The fraction of sp³-hybridized carbons (Fsp3) is 0.211. The van der Waals surface area contributed by atoms with E-state index in [0.29, 0.717) is 11.3 Å². The van der Waals surface area contributed by atoms with Gasteiger partial charge in [-0.25, -0.2) is 4.79 Å². The highest BCUT2D eigenvalue weighted by molar-refractivity contribution is 6.03. The van der Waals surface area contributed by atoms with Gasteiger partial charge in [0.05, 0.1) is 18.7 Å². The monoisotopic (exact) mass is 340 g/mol. The van der Waals surface area contributed by atoms with Gasteiger partial charge in [-0.2, -0.15) is 0 Å². The predicted molar refractivity (Wildman–Crippen MR) is 94.0 cm³/mol. The maximum absolute atomic E-state index is 12.0. The van der Waals surface area contributed by atoms with Crippen molar-refractivity contribution in [1.82, 2.24) is 5.32 Å². The van der Waals surface area contributed by atoms with Crippen molar-refractivity contribution in [3.63, 3.8) is 0 Å². The van der Waals surface area contributed by atoms with Crippen molar-refractivity contribution < 1.29 is 19.1 Å². The fourth-order valence-electron chi connectivity index (χ4n) is 2.28. The zero-order valence-electron chi connectivity index (χ0n) is 14.1. The van der Waals surface area contributed by atoms with E-state index in [4.69, 9.17) is 0 Å². The fourth-order valence-corrected chi connectivity index (χ4v) is 2.28. The second-order valence-electron chi connectivity index (χ2n) is 5.49. The summed E-state index contributed by atoms with van der Waals surface area (Å²) in [4.78, 5) is 35.3. The van der Waals surface area contributed by atoms with Crippen molar-refractivity contribution in [3.8, 4) is 0 Å². The molecule has 0 spiro atoms. The molecule has 0 heterocycles. The molecule has 0 radical (unpaired) electrons. The van der Waals surface area contributed by atoms with Crippen molar-refractivity contribution in [2.24, 2.45) is 0 Å². The lowest BCUT2D eigenvalue weighted by Gasteiger charge is -2.14. The number of amides is 2. The van der Waals surface area contributed by atoms with Crippen LogP contribution in [0.1, 0.15) is 35.3 Å². The molecule has 6 nitrogen and oxygen atoms in total. The average Bonchev–Trinajstić information content (AvgIpc) is 2.62. The largest absolute Gasteiger partial charge is 0.465 e. The van der Waals surface area contributed by atoms with E-state index in [1.165, 1.54) is 7.11 Å². The Morgan fingerprint density at radius 2 is 1.60 bits per heavy atom. The van der Waals surface area contributed by atoms with E-state index in [1.54, 1.807) is 24.3 Å². The first-order chi connectivity index (χ1) is 12.0. The van der Waals surface area contributed by atoms with Crippen LogP contribution in [0.15, 0.2) is 54.6 Å². The van der Waals surface area contributed by atoms with Crippen LogP contribution in [0.3, 0.4) is 0 Å². The lowest BCUT2D eigenvalue weighted by atomic mass is 10.1. The molecule has 0 aromatic heterocycles. The Hall–Kier alpha value is -3.15. The second kappa shape index (κ2) is 8.63. The Labute approximate surface area is 146 Å². The molecule has 6 heteroatoms. The van der Waals surface area contributed by atoms with Crippen LogP contribution in [-0.4, -0.2) is 24.9 Å². The van der Waals surface area contributed by atoms with Gasteiger partial charge >= 0.3 is 5.97 Å².